The number of hydrogen-bond acceptors (Lipinski definition) is 3. The summed E-state index contributed by atoms with van der Waals surface area (Å²) in [6, 6.07) is 5.21. The molecule has 3 N–H and O–H groups in total. The molecule has 1 aromatic carbocycles. The van der Waals surface area contributed by atoms with Crippen LogP contribution in [0.25, 0.3) is 0 Å². The number of nitrogens with zero attached hydrogens (tertiary/aromatic N) is 2. The minimum absolute atomic E-state index is 0.193. The fraction of sp³-hybridized carbons (Fsp3) is 0.231. The Morgan fingerprint density at radius 3 is 2.89 bits per heavy atom. The number of nitrogens with two attached hydrogens (primary N) is 1. The summed E-state index contributed by atoms with van der Waals surface area (Å²) >= 11 is 3.33. The Bertz CT molecular complexity index is 621. The first-order valence-corrected chi connectivity index (χ1v) is 6.59. The van der Waals surface area contributed by atoms with E-state index in [-0.39, 0.29) is 5.91 Å². The number of rotatable bonds is 3. The zero-order chi connectivity index (χ0) is 14.0. The molecule has 2 aromatic rings. The molecule has 0 unspecified atom stereocenters. The van der Waals surface area contributed by atoms with Gasteiger partial charge in [0.25, 0.3) is 5.91 Å². The maximum atomic E-state index is 12.1. The maximum Gasteiger partial charge on any atom is 0.253 e. The quantitative estimate of drug-likeness (QED) is 0.849. The summed E-state index contributed by atoms with van der Waals surface area (Å²) in [6.07, 6.45) is 1.75. The van der Waals surface area contributed by atoms with Crippen molar-refractivity contribution in [3.63, 3.8) is 0 Å². The molecule has 5 nitrogen and oxygen atoms in total. The van der Waals surface area contributed by atoms with Crippen LogP contribution in [0.2, 0.25) is 0 Å². The smallest absolute Gasteiger partial charge is 0.253 e. The highest BCUT2D eigenvalue weighted by molar-refractivity contribution is 9.10. The summed E-state index contributed by atoms with van der Waals surface area (Å²) in [7, 11) is 1.87. The Hall–Kier alpha value is -1.82. The van der Waals surface area contributed by atoms with Crippen LogP contribution < -0.4 is 11.1 Å². The molecule has 0 aliphatic heterocycles. The van der Waals surface area contributed by atoms with Crippen LogP contribution in [0.15, 0.2) is 28.9 Å². The molecule has 6 heteroatoms. The highest BCUT2D eigenvalue weighted by Crippen LogP contribution is 2.18. The Labute approximate surface area is 119 Å². The zero-order valence-electron chi connectivity index (χ0n) is 10.8. The van der Waals surface area contributed by atoms with Gasteiger partial charge in [0.05, 0.1) is 11.8 Å². The van der Waals surface area contributed by atoms with Gasteiger partial charge < -0.3 is 11.1 Å². The SMILES string of the molecule is Cc1c(CNC(=O)c2cc(Br)ccc2N)cnn1C. The normalized spacial score (nSPS) is 10.5. The van der Waals surface area contributed by atoms with Gasteiger partial charge in [-0.3, -0.25) is 9.48 Å². The minimum Gasteiger partial charge on any atom is -0.398 e. The number of amides is 1. The van der Waals surface area contributed by atoms with Crippen molar-refractivity contribution in [2.75, 3.05) is 5.73 Å². The molecular formula is C13H15BrN4O. The Morgan fingerprint density at radius 1 is 1.53 bits per heavy atom. The molecule has 0 aliphatic rings. The molecule has 0 spiro atoms. The van der Waals surface area contributed by atoms with Crippen molar-refractivity contribution in [3.05, 3.63) is 45.7 Å². The first-order chi connectivity index (χ1) is 8.99. The highest BCUT2D eigenvalue weighted by Gasteiger charge is 2.11. The van der Waals surface area contributed by atoms with Gasteiger partial charge in [-0.15, -0.1) is 0 Å². The van der Waals surface area contributed by atoms with Crippen molar-refractivity contribution in [2.24, 2.45) is 7.05 Å². The molecule has 0 saturated carbocycles. The third-order valence-corrected chi connectivity index (χ3v) is 3.53. The summed E-state index contributed by atoms with van der Waals surface area (Å²) in [5, 5.41) is 6.98. The molecule has 0 bridgehead atoms. The van der Waals surface area contributed by atoms with E-state index in [1.165, 1.54) is 0 Å². The summed E-state index contributed by atoms with van der Waals surface area (Å²) in [4.78, 5) is 12.1. The van der Waals surface area contributed by atoms with Gasteiger partial charge in [0.15, 0.2) is 0 Å². The van der Waals surface area contributed by atoms with Crippen molar-refractivity contribution in [1.29, 1.82) is 0 Å². The zero-order valence-corrected chi connectivity index (χ0v) is 12.4. The van der Waals surface area contributed by atoms with Crippen molar-refractivity contribution in [1.82, 2.24) is 15.1 Å². The standard InChI is InChI=1S/C13H15BrN4O/c1-8-9(7-17-18(8)2)6-16-13(19)11-5-10(14)3-4-12(11)15/h3-5,7H,6,15H2,1-2H3,(H,16,19). The third kappa shape index (κ3) is 2.96. The van der Waals surface area contributed by atoms with Gasteiger partial charge in [-0.05, 0) is 25.1 Å². The van der Waals surface area contributed by atoms with E-state index < -0.39 is 0 Å². The average molecular weight is 323 g/mol. The van der Waals surface area contributed by atoms with Crippen LogP contribution in [0, 0.1) is 6.92 Å². The van der Waals surface area contributed by atoms with Gasteiger partial charge in [-0.1, -0.05) is 15.9 Å². The molecule has 0 fully saturated rings. The van der Waals surface area contributed by atoms with Crippen molar-refractivity contribution in [3.8, 4) is 0 Å². The molecule has 19 heavy (non-hydrogen) atoms. The fourth-order valence-electron chi connectivity index (χ4n) is 1.71. The van der Waals surface area contributed by atoms with Gasteiger partial charge in [0.1, 0.15) is 0 Å². The lowest BCUT2D eigenvalue weighted by atomic mass is 10.1. The molecule has 100 valence electrons. The van der Waals surface area contributed by atoms with E-state index in [0.29, 0.717) is 17.8 Å². The minimum atomic E-state index is -0.193. The van der Waals surface area contributed by atoms with E-state index in [1.54, 1.807) is 29.1 Å². The molecule has 1 amide bonds. The Morgan fingerprint density at radius 2 is 2.26 bits per heavy atom. The second-order valence-electron chi connectivity index (χ2n) is 4.29. The first kappa shape index (κ1) is 13.6. The predicted octanol–water partition coefficient (Wildman–Crippen LogP) is 2.00. The van der Waals surface area contributed by atoms with Crippen molar-refractivity contribution < 1.29 is 4.79 Å². The van der Waals surface area contributed by atoms with E-state index in [4.69, 9.17) is 5.73 Å². The van der Waals surface area contributed by atoms with E-state index in [2.05, 4.69) is 26.3 Å². The molecule has 0 atom stereocenters. The third-order valence-electron chi connectivity index (χ3n) is 3.04. The lowest BCUT2D eigenvalue weighted by Gasteiger charge is -2.08. The second-order valence-corrected chi connectivity index (χ2v) is 5.21. The number of aromatic nitrogens is 2. The molecule has 0 saturated heterocycles. The van der Waals surface area contributed by atoms with E-state index in [1.807, 2.05) is 14.0 Å². The van der Waals surface area contributed by atoms with Crippen LogP contribution in [0.4, 0.5) is 5.69 Å². The number of anilines is 1. The summed E-state index contributed by atoms with van der Waals surface area (Å²) in [5.41, 5.74) is 8.75. The number of benzene rings is 1. The van der Waals surface area contributed by atoms with Gasteiger partial charge >= 0.3 is 0 Å². The summed E-state index contributed by atoms with van der Waals surface area (Å²) in [6.45, 7) is 2.40. The topological polar surface area (TPSA) is 72.9 Å². The Balaban J connectivity index is 2.09. The number of carbonyl (C=O) groups is 1. The van der Waals surface area contributed by atoms with Crippen LogP contribution in [0.1, 0.15) is 21.6 Å². The van der Waals surface area contributed by atoms with E-state index in [9.17, 15) is 4.79 Å². The molecule has 0 radical (unpaired) electrons. The molecular weight excluding hydrogens is 308 g/mol. The fourth-order valence-corrected chi connectivity index (χ4v) is 2.07. The Kier molecular flexibility index (Phi) is 3.90. The molecule has 1 heterocycles. The monoisotopic (exact) mass is 322 g/mol. The van der Waals surface area contributed by atoms with Gasteiger partial charge in [0, 0.05) is 35.0 Å². The molecule has 1 aromatic heterocycles. The largest absolute Gasteiger partial charge is 0.398 e. The van der Waals surface area contributed by atoms with Crippen LogP contribution >= 0.6 is 15.9 Å². The maximum absolute atomic E-state index is 12.1. The van der Waals surface area contributed by atoms with E-state index in [0.717, 1.165) is 15.7 Å². The van der Waals surface area contributed by atoms with Crippen LogP contribution in [0.5, 0.6) is 0 Å². The average Bonchev–Trinajstić information content (AvgIpc) is 2.70. The summed E-state index contributed by atoms with van der Waals surface area (Å²) in [5.74, 6) is -0.193. The summed E-state index contributed by atoms with van der Waals surface area (Å²) < 4.78 is 2.60. The van der Waals surface area contributed by atoms with E-state index >= 15 is 0 Å². The number of nitrogen functional groups attached to an aromatic ring is 1. The molecule has 0 aliphatic carbocycles. The number of nitrogens with one attached hydrogen (secondary N) is 1. The lowest BCUT2D eigenvalue weighted by molar-refractivity contribution is 0.0951. The second kappa shape index (κ2) is 5.44. The number of hydrogen-bond donors (Lipinski definition) is 2. The van der Waals surface area contributed by atoms with Gasteiger partial charge in [-0.25, -0.2) is 0 Å². The van der Waals surface area contributed by atoms with Crippen molar-refractivity contribution >= 4 is 27.5 Å². The number of halogens is 1. The first-order valence-electron chi connectivity index (χ1n) is 5.79. The predicted molar refractivity (Wildman–Crippen MR) is 77.7 cm³/mol. The van der Waals surface area contributed by atoms with Gasteiger partial charge in [0.2, 0.25) is 0 Å². The van der Waals surface area contributed by atoms with Crippen molar-refractivity contribution in [2.45, 2.75) is 13.5 Å². The van der Waals surface area contributed by atoms with Crippen LogP contribution in [0.3, 0.4) is 0 Å². The number of aryl methyl sites for hydroxylation is 1. The van der Waals surface area contributed by atoms with Gasteiger partial charge in [-0.2, -0.15) is 5.10 Å². The van der Waals surface area contributed by atoms with Crippen LogP contribution in [-0.2, 0) is 13.6 Å². The highest BCUT2D eigenvalue weighted by atomic mass is 79.9. The lowest BCUT2D eigenvalue weighted by Crippen LogP contribution is -2.24. The molecule has 2 rings (SSSR count). The van der Waals surface area contributed by atoms with Crippen LogP contribution in [-0.4, -0.2) is 15.7 Å². The number of carbonyl (C=O) groups excluding carboxylic acids is 1.